The van der Waals surface area contributed by atoms with Gasteiger partial charge in [0, 0.05) is 30.7 Å². The number of rotatable bonds is 6. The van der Waals surface area contributed by atoms with Crippen LogP contribution >= 0.6 is 11.6 Å². The van der Waals surface area contributed by atoms with Gasteiger partial charge in [0.15, 0.2) is 0 Å². The average Bonchev–Trinajstić information content (AvgIpc) is 2.42. The van der Waals surface area contributed by atoms with Crippen LogP contribution < -0.4 is 5.32 Å². The van der Waals surface area contributed by atoms with Crippen molar-refractivity contribution in [3.8, 4) is 0 Å². The molecular weight excluding hydrogens is 260 g/mol. The summed E-state index contributed by atoms with van der Waals surface area (Å²) < 4.78 is 5.36. The molecule has 3 nitrogen and oxygen atoms in total. The van der Waals surface area contributed by atoms with Crippen molar-refractivity contribution in [1.82, 2.24) is 10.2 Å². The summed E-state index contributed by atoms with van der Waals surface area (Å²) >= 11 is 6.15. The third-order valence-electron chi connectivity index (χ3n) is 3.48. The molecule has 0 radical (unpaired) electrons. The molecule has 1 fully saturated rings. The van der Waals surface area contributed by atoms with Crippen molar-refractivity contribution in [3.05, 3.63) is 34.9 Å². The fraction of sp³-hybridized carbons (Fsp3) is 0.600. The van der Waals surface area contributed by atoms with E-state index >= 15 is 0 Å². The summed E-state index contributed by atoms with van der Waals surface area (Å²) in [6.07, 6.45) is 0.979. The zero-order chi connectivity index (χ0) is 13.5. The van der Waals surface area contributed by atoms with Gasteiger partial charge >= 0.3 is 0 Å². The molecular formula is C15H23ClN2O. The highest BCUT2D eigenvalue weighted by molar-refractivity contribution is 6.31. The second-order valence-electron chi connectivity index (χ2n) is 5.11. The highest BCUT2D eigenvalue weighted by Gasteiger charge is 2.13. The van der Waals surface area contributed by atoms with E-state index in [4.69, 9.17) is 16.3 Å². The zero-order valence-electron chi connectivity index (χ0n) is 11.6. The summed E-state index contributed by atoms with van der Waals surface area (Å²) in [4.78, 5) is 2.46. The monoisotopic (exact) mass is 282 g/mol. The minimum atomic E-state index is 0.501. The number of nitrogens with one attached hydrogen (secondary N) is 1. The van der Waals surface area contributed by atoms with E-state index < -0.39 is 0 Å². The fourth-order valence-electron chi connectivity index (χ4n) is 2.39. The molecule has 1 aromatic carbocycles. The number of hydrogen-bond acceptors (Lipinski definition) is 3. The first-order valence-electron chi connectivity index (χ1n) is 7.02. The number of morpholine rings is 1. The number of nitrogens with zero attached hydrogens (tertiary/aromatic N) is 1. The molecule has 2 rings (SSSR count). The lowest BCUT2D eigenvalue weighted by molar-refractivity contribution is 0.0344. The third-order valence-corrected chi connectivity index (χ3v) is 3.85. The standard InChI is InChI=1S/C15H23ClN2O/c1-13(12-18-8-10-19-11-9-18)17-7-6-14-4-2-3-5-15(14)16/h2-5,13,17H,6-12H2,1H3. The van der Waals surface area contributed by atoms with Crippen molar-refractivity contribution < 1.29 is 4.74 Å². The molecule has 1 aliphatic rings. The molecule has 1 saturated heterocycles. The minimum absolute atomic E-state index is 0.501. The van der Waals surface area contributed by atoms with Crippen LogP contribution in [0.25, 0.3) is 0 Å². The maximum atomic E-state index is 6.15. The number of halogens is 1. The normalized spacial score (nSPS) is 18.4. The van der Waals surface area contributed by atoms with Crippen molar-refractivity contribution in [2.24, 2.45) is 0 Å². The van der Waals surface area contributed by atoms with Crippen LogP contribution in [0.15, 0.2) is 24.3 Å². The van der Waals surface area contributed by atoms with Gasteiger partial charge in [-0.25, -0.2) is 0 Å². The van der Waals surface area contributed by atoms with Crippen LogP contribution in [0.1, 0.15) is 12.5 Å². The molecule has 1 unspecified atom stereocenters. The molecule has 4 heteroatoms. The lowest BCUT2D eigenvalue weighted by Crippen LogP contribution is -2.44. The molecule has 1 atom stereocenters. The predicted molar refractivity (Wildman–Crippen MR) is 79.9 cm³/mol. The Morgan fingerprint density at radius 1 is 1.32 bits per heavy atom. The highest BCUT2D eigenvalue weighted by Crippen LogP contribution is 2.14. The van der Waals surface area contributed by atoms with E-state index in [-0.39, 0.29) is 0 Å². The fourth-order valence-corrected chi connectivity index (χ4v) is 2.62. The van der Waals surface area contributed by atoms with Crippen LogP contribution in [0.3, 0.4) is 0 Å². The van der Waals surface area contributed by atoms with Gasteiger partial charge in [-0.2, -0.15) is 0 Å². The van der Waals surface area contributed by atoms with Gasteiger partial charge in [-0.05, 0) is 31.5 Å². The Morgan fingerprint density at radius 3 is 2.79 bits per heavy atom. The van der Waals surface area contributed by atoms with Gasteiger partial charge in [0.2, 0.25) is 0 Å². The molecule has 0 aliphatic carbocycles. The van der Waals surface area contributed by atoms with Gasteiger partial charge in [-0.15, -0.1) is 0 Å². The molecule has 0 amide bonds. The van der Waals surface area contributed by atoms with E-state index in [1.54, 1.807) is 0 Å². The summed E-state index contributed by atoms with van der Waals surface area (Å²) in [7, 11) is 0. The van der Waals surface area contributed by atoms with Crippen molar-refractivity contribution in [2.45, 2.75) is 19.4 Å². The van der Waals surface area contributed by atoms with Crippen LogP contribution in [-0.4, -0.2) is 50.3 Å². The summed E-state index contributed by atoms with van der Waals surface area (Å²) in [6.45, 7) is 8.13. The van der Waals surface area contributed by atoms with Gasteiger partial charge in [0.25, 0.3) is 0 Å². The average molecular weight is 283 g/mol. The molecule has 1 aromatic rings. The Kier molecular flexibility index (Phi) is 6.11. The maximum Gasteiger partial charge on any atom is 0.0594 e. The van der Waals surface area contributed by atoms with Gasteiger partial charge in [0.1, 0.15) is 0 Å². The topological polar surface area (TPSA) is 24.5 Å². The van der Waals surface area contributed by atoms with Crippen LogP contribution in [0.2, 0.25) is 5.02 Å². The number of ether oxygens (including phenoxy) is 1. The van der Waals surface area contributed by atoms with E-state index in [9.17, 15) is 0 Å². The first-order valence-corrected chi connectivity index (χ1v) is 7.40. The smallest absolute Gasteiger partial charge is 0.0594 e. The van der Waals surface area contributed by atoms with Gasteiger partial charge in [0.05, 0.1) is 13.2 Å². The van der Waals surface area contributed by atoms with Crippen LogP contribution in [-0.2, 0) is 11.2 Å². The SMILES string of the molecule is CC(CN1CCOCC1)NCCc1ccccc1Cl. The Morgan fingerprint density at radius 2 is 2.05 bits per heavy atom. The molecule has 19 heavy (non-hydrogen) atoms. The van der Waals surface area contributed by atoms with Crippen LogP contribution in [0.4, 0.5) is 0 Å². The lowest BCUT2D eigenvalue weighted by atomic mass is 10.1. The Hall–Kier alpha value is -0.610. The number of benzene rings is 1. The van der Waals surface area contributed by atoms with Crippen LogP contribution in [0.5, 0.6) is 0 Å². The third kappa shape index (κ3) is 5.11. The van der Waals surface area contributed by atoms with Crippen molar-refractivity contribution in [1.29, 1.82) is 0 Å². The summed E-state index contributed by atoms with van der Waals surface area (Å²) in [6, 6.07) is 8.56. The highest BCUT2D eigenvalue weighted by atomic mass is 35.5. The quantitative estimate of drug-likeness (QED) is 0.866. The summed E-state index contributed by atoms with van der Waals surface area (Å²) in [5.41, 5.74) is 1.22. The molecule has 0 saturated carbocycles. The minimum Gasteiger partial charge on any atom is -0.379 e. The van der Waals surface area contributed by atoms with E-state index in [0.717, 1.165) is 50.8 Å². The Balaban J connectivity index is 1.66. The van der Waals surface area contributed by atoms with E-state index in [2.05, 4.69) is 23.2 Å². The molecule has 1 N–H and O–H groups in total. The molecule has 0 bridgehead atoms. The van der Waals surface area contributed by atoms with E-state index in [0.29, 0.717) is 6.04 Å². The van der Waals surface area contributed by atoms with Crippen LogP contribution in [0, 0.1) is 0 Å². The lowest BCUT2D eigenvalue weighted by Gasteiger charge is -2.29. The summed E-state index contributed by atoms with van der Waals surface area (Å²) in [5.74, 6) is 0. The largest absolute Gasteiger partial charge is 0.379 e. The van der Waals surface area contributed by atoms with Crippen molar-refractivity contribution in [3.63, 3.8) is 0 Å². The maximum absolute atomic E-state index is 6.15. The van der Waals surface area contributed by atoms with Gasteiger partial charge < -0.3 is 10.1 Å². The molecule has 106 valence electrons. The second-order valence-corrected chi connectivity index (χ2v) is 5.52. The molecule has 1 heterocycles. The Bertz CT molecular complexity index is 380. The van der Waals surface area contributed by atoms with Gasteiger partial charge in [-0.1, -0.05) is 29.8 Å². The second kappa shape index (κ2) is 7.85. The predicted octanol–water partition coefficient (Wildman–Crippen LogP) is 2.19. The Labute approximate surface area is 120 Å². The zero-order valence-corrected chi connectivity index (χ0v) is 12.3. The van der Waals surface area contributed by atoms with Crippen molar-refractivity contribution >= 4 is 11.6 Å². The van der Waals surface area contributed by atoms with Crippen molar-refractivity contribution in [2.75, 3.05) is 39.4 Å². The molecule has 1 aliphatic heterocycles. The molecule has 0 aromatic heterocycles. The number of hydrogen-bond donors (Lipinski definition) is 1. The first-order chi connectivity index (χ1) is 9.25. The van der Waals surface area contributed by atoms with E-state index in [1.165, 1.54) is 5.56 Å². The first kappa shape index (κ1) is 14.8. The summed E-state index contributed by atoms with van der Waals surface area (Å²) in [5, 5.41) is 4.43. The van der Waals surface area contributed by atoms with Gasteiger partial charge in [-0.3, -0.25) is 4.90 Å². The molecule has 0 spiro atoms. The van der Waals surface area contributed by atoms with E-state index in [1.807, 2.05) is 18.2 Å².